The largest absolute Gasteiger partial charge is 0.438 e. The quantitative estimate of drug-likeness (QED) is 0.865. The van der Waals surface area contributed by atoms with Crippen molar-refractivity contribution in [3.05, 3.63) is 53.2 Å². The van der Waals surface area contributed by atoms with E-state index in [1.807, 2.05) is 0 Å². The van der Waals surface area contributed by atoms with E-state index in [0.29, 0.717) is 22.2 Å². The van der Waals surface area contributed by atoms with Crippen LogP contribution in [0.5, 0.6) is 11.6 Å². The molecule has 86 valence electrons. The van der Waals surface area contributed by atoms with E-state index in [9.17, 15) is 0 Å². The van der Waals surface area contributed by atoms with Crippen molar-refractivity contribution in [2.75, 3.05) is 0 Å². The molecule has 17 heavy (non-hydrogen) atoms. The molecule has 3 nitrogen and oxygen atoms in total. The highest BCUT2D eigenvalue weighted by Crippen LogP contribution is 2.24. The maximum atomic E-state index is 5.78. The highest BCUT2D eigenvalue weighted by Gasteiger charge is 2.07. The number of halogens is 1. The number of benzene rings is 1. The molecule has 1 aromatic heterocycles. The second-order valence-electron chi connectivity index (χ2n) is 3.28. The first-order valence-electron chi connectivity index (χ1n) is 4.85. The van der Waals surface area contributed by atoms with Crippen LogP contribution in [-0.4, -0.2) is 9.97 Å². The second-order valence-corrected chi connectivity index (χ2v) is 4.15. The first-order valence-corrected chi connectivity index (χ1v) is 5.63. The molecule has 2 rings (SSSR count). The Morgan fingerprint density at radius 2 is 1.94 bits per heavy atom. The summed E-state index contributed by atoms with van der Waals surface area (Å²) >= 11 is 10.7. The Hall–Kier alpha value is -1.65. The summed E-state index contributed by atoms with van der Waals surface area (Å²) < 4.78 is 5.59. The number of hydrogen-bond donors (Lipinski definition) is 1. The summed E-state index contributed by atoms with van der Waals surface area (Å²) in [5, 5.41) is 0.646. The summed E-state index contributed by atoms with van der Waals surface area (Å²) in [6.07, 6.45) is 1.62. The molecule has 2 aromatic rings. The second kappa shape index (κ2) is 5.12. The van der Waals surface area contributed by atoms with Crippen LogP contribution in [0.3, 0.4) is 0 Å². The Morgan fingerprint density at radius 3 is 2.59 bits per heavy atom. The zero-order valence-electron chi connectivity index (χ0n) is 8.76. The van der Waals surface area contributed by atoms with E-state index in [0.717, 1.165) is 0 Å². The third-order valence-electron chi connectivity index (χ3n) is 2.06. The van der Waals surface area contributed by atoms with Gasteiger partial charge in [-0.1, -0.05) is 23.8 Å². The first-order chi connectivity index (χ1) is 8.16. The molecule has 0 bridgehead atoms. The standard InChI is InChI=1S/C12H9ClN2OS/c13-8-3-5-9(6-4-8)16-12-10(11(14)17)2-1-7-15-12/h1-7H,(H2,14,17). The lowest BCUT2D eigenvalue weighted by Gasteiger charge is -2.08. The Bertz CT molecular complexity index is 542. The Kier molecular flexibility index (Phi) is 3.56. The summed E-state index contributed by atoms with van der Waals surface area (Å²) in [4.78, 5) is 4.35. The van der Waals surface area contributed by atoms with Crippen LogP contribution < -0.4 is 10.5 Å². The van der Waals surface area contributed by atoms with Gasteiger partial charge in [0.1, 0.15) is 10.7 Å². The lowest BCUT2D eigenvalue weighted by molar-refractivity contribution is 0.462. The molecule has 0 fully saturated rings. The van der Waals surface area contributed by atoms with E-state index in [4.69, 9.17) is 34.3 Å². The van der Waals surface area contributed by atoms with Crippen LogP contribution in [-0.2, 0) is 0 Å². The summed E-state index contributed by atoms with van der Waals surface area (Å²) in [6, 6.07) is 10.5. The highest BCUT2D eigenvalue weighted by molar-refractivity contribution is 7.80. The molecular formula is C12H9ClN2OS. The average molecular weight is 265 g/mol. The number of thiocarbonyl (C=S) groups is 1. The van der Waals surface area contributed by atoms with Crippen LogP contribution in [0.4, 0.5) is 0 Å². The Balaban J connectivity index is 2.30. The first kappa shape index (κ1) is 11.8. The molecule has 0 aliphatic heterocycles. The monoisotopic (exact) mass is 264 g/mol. The van der Waals surface area contributed by atoms with Gasteiger partial charge in [-0.3, -0.25) is 0 Å². The van der Waals surface area contributed by atoms with Gasteiger partial charge in [0.2, 0.25) is 5.88 Å². The minimum Gasteiger partial charge on any atom is -0.438 e. The summed E-state index contributed by atoms with van der Waals surface area (Å²) in [5.41, 5.74) is 6.19. The fraction of sp³-hybridized carbons (Fsp3) is 0. The predicted molar refractivity (Wildman–Crippen MR) is 71.7 cm³/mol. The number of pyridine rings is 1. The van der Waals surface area contributed by atoms with E-state index in [1.54, 1.807) is 42.6 Å². The molecule has 0 radical (unpaired) electrons. The molecule has 1 heterocycles. The number of hydrogen-bond acceptors (Lipinski definition) is 3. The van der Waals surface area contributed by atoms with Gasteiger partial charge in [0.15, 0.2) is 0 Å². The van der Waals surface area contributed by atoms with Gasteiger partial charge in [-0.2, -0.15) is 0 Å². The molecule has 0 saturated carbocycles. The molecule has 0 atom stereocenters. The van der Waals surface area contributed by atoms with Gasteiger partial charge in [-0.05, 0) is 36.4 Å². The normalized spacial score (nSPS) is 9.94. The van der Waals surface area contributed by atoms with Gasteiger partial charge in [-0.15, -0.1) is 0 Å². The van der Waals surface area contributed by atoms with Crippen LogP contribution in [0.25, 0.3) is 0 Å². The van der Waals surface area contributed by atoms with Crippen molar-refractivity contribution in [1.29, 1.82) is 0 Å². The Morgan fingerprint density at radius 1 is 1.24 bits per heavy atom. The van der Waals surface area contributed by atoms with Crippen LogP contribution in [0.15, 0.2) is 42.6 Å². The van der Waals surface area contributed by atoms with Crippen molar-refractivity contribution in [3.8, 4) is 11.6 Å². The fourth-order valence-corrected chi connectivity index (χ4v) is 1.56. The third kappa shape index (κ3) is 2.93. The van der Waals surface area contributed by atoms with Crippen LogP contribution >= 0.6 is 23.8 Å². The maximum absolute atomic E-state index is 5.78. The topological polar surface area (TPSA) is 48.1 Å². The molecule has 2 N–H and O–H groups in total. The number of nitrogens with two attached hydrogens (primary N) is 1. The molecular weight excluding hydrogens is 256 g/mol. The SMILES string of the molecule is NC(=S)c1cccnc1Oc1ccc(Cl)cc1. The van der Waals surface area contributed by atoms with E-state index < -0.39 is 0 Å². The zero-order chi connectivity index (χ0) is 12.3. The average Bonchev–Trinajstić information content (AvgIpc) is 2.32. The van der Waals surface area contributed by atoms with Gasteiger partial charge >= 0.3 is 0 Å². The number of aromatic nitrogens is 1. The summed E-state index contributed by atoms with van der Waals surface area (Å²) in [5.74, 6) is 1.02. The number of nitrogens with zero attached hydrogens (tertiary/aromatic N) is 1. The fourth-order valence-electron chi connectivity index (χ4n) is 1.27. The van der Waals surface area contributed by atoms with Gasteiger partial charge < -0.3 is 10.5 Å². The van der Waals surface area contributed by atoms with E-state index in [-0.39, 0.29) is 4.99 Å². The molecule has 0 amide bonds. The lowest BCUT2D eigenvalue weighted by atomic mass is 10.2. The van der Waals surface area contributed by atoms with E-state index >= 15 is 0 Å². The molecule has 1 aromatic carbocycles. The summed E-state index contributed by atoms with van der Waals surface area (Å²) in [7, 11) is 0. The molecule has 5 heteroatoms. The van der Waals surface area contributed by atoms with Crippen molar-refractivity contribution in [2.24, 2.45) is 5.73 Å². The molecule has 0 saturated heterocycles. The molecule has 0 aliphatic rings. The smallest absolute Gasteiger partial charge is 0.229 e. The molecule has 0 aliphatic carbocycles. The van der Waals surface area contributed by atoms with Crippen LogP contribution in [0.1, 0.15) is 5.56 Å². The van der Waals surface area contributed by atoms with Crippen molar-refractivity contribution in [3.63, 3.8) is 0 Å². The van der Waals surface area contributed by atoms with E-state index in [1.165, 1.54) is 0 Å². The van der Waals surface area contributed by atoms with E-state index in [2.05, 4.69) is 4.98 Å². The van der Waals surface area contributed by atoms with Gasteiger partial charge in [0, 0.05) is 11.2 Å². The van der Waals surface area contributed by atoms with Gasteiger partial charge in [0.25, 0.3) is 0 Å². The van der Waals surface area contributed by atoms with Crippen molar-refractivity contribution in [2.45, 2.75) is 0 Å². The molecule has 0 unspecified atom stereocenters. The van der Waals surface area contributed by atoms with Crippen molar-refractivity contribution in [1.82, 2.24) is 4.98 Å². The van der Waals surface area contributed by atoms with Crippen molar-refractivity contribution < 1.29 is 4.74 Å². The minimum absolute atomic E-state index is 0.252. The Labute approximate surface area is 109 Å². The highest BCUT2D eigenvalue weighted by atomic mass is 35.5. The van der Waals surface area contributed by atoms with Gasteiger partial charge in [0.05, 0.1) is 5.56 Å². The minimum atomic E-state index is 0.252. The summed E-state index contributed by atoms with van der Waals surface area (Å²) in [6.45, 7) is 0. The number of ether oxygens (including phenoxy) is 1. The van der Waals surface area contributed by atoms with Crippen LogP contribution in [0, 0.1) is 0 Å². The zero-order valence-corrected chi connectivity index (χ0v) is 10.3. The number of rotatable bonds is 3. The van der Waals surface area contributed by atoms with Crippen molar-refractivity contribution >= 4 is 28.8 Å². The van der Waals surface area contributed by atoms with Crippen LogP contribution in [0.2, 0.25) is 5.02 Å². The van der Waals surface area contributed by atoms with Gasteiger partial charge in [-0.25, -0.2) is 4.98 Å². The maximum Gasteiger partial charge on any atom is 0.229 e. The molecule has 0 spiro atoms. The third-order valence-corrected chi connectivity index (χ3v) is 2.54. The lowest BCUT2D eigenvalue weighted by Crippen LogP contribution is -2.11. The predicted octanol–water partition coefficient (Wildman–Crippen LogP) is 3.16.